The molecular weight excluding hydrogens is 330 g/mol. The van der Waals surface area contributed by atoms with Crippen LogP contribution in [-0.2, 0) is 26.1 Å². The minimum absolute atomic E-state index is 0.00866. The van der Waals surface area contributed by atoms with Gasteiger partial charge < -0.3 is 9.47 Å². The Kier molecular flexibility index (Phi) is 5.58. The molecule has 0 saturated carbocycles. The topological polar surface area (TPSA) is 81.7 Å². The van der Waals surface area contributed by atoms with Crippen molar-refractivity contribution in [3.05, 3.63) is 59.2 Å². The van der Waals surface area contributed by atoms with Gasteiger partial charge in [-0.2, -0.15) is 0 Å². The maximum Gasteiger partial charge on any atom is 0.338 e. The number of methoxy groups -OCH3 is 2. The van der Waals surface area contributed by atoms with Crippen LogP contribution in [0.4, 0.5) is 5.69 Å². The van der Waals surface area contributed by atoms with Crippen molar-refractivity contribution >= 4 is 21.7 Å². The molecule has 0 unspecified atom stereocenters. The SMILES string of the molecule is COCc1cccc(NS(=O)(=O)c2ccc(C)c(C(=O)OC)c2)c1. The Morgan fingerprint density at radius 2 is 1.88 bits per heavy atom. The van der Waals surface area contributed by atoms with E-state index in [-0.39, 0.29) is 10.5 Å². The van der Waals surface area contributed by atoms with E-state index in [0.29, 0.717) is 17.9 Å². The van der Waals surface area contributed by atoms with E-state index in [1.54, 1.807) is 38.3 Å². The standard InChI is InChI=1S/C17H19NO5S/c1-12-7-8-15(10-16(12)17(19)23-3)24(20,21)18-14-6-4-5-13(9-14)11-22-2/h4-10,18H,11H2,1-3H3. The average Bonchev–Trinajstić information content (AvgIpc) is 2.54. The lowest BCUT2D eigenvalue weighted by molar-refractivity contribution is 0.0599. The van der Waals surface area contributed by atoms with Gasteiger partial charge in [-0.3, -0.25) is 4.72 Å². The highest BCUT2D eigenvalue weighted by Crippen LogP contribution is 2.20. The van der Waals surface area contributed by atoms with E-state index in [0.717, 1.165) is 5.56 Å². The average molecular weight is 349 g/mol. The van der Waals surface area contributed by atoms with E-state index in [1.165, 1.54) is 19.2 Å². The predicted octanol–water partition coefficient (Wildman–Crippen LogP) is 2.73. The minimum atomic E-state index is -3.82. The summed E-state index contributed by atoms with van der Waals surface area (Å²) in [6.07, 6.45) is 0. The first kappa shape index (κ1) is 18.0. The van der Waals surface area contributed by atoms with Crippen LogP contribution in [0.15, 0.2) is 47.4 Å². The Bertz CT molecular complexity index is 846. The normalized spacial score (nSPS) is 11.1. The van der Waals surface area contributed by atoms with Crippen molar-refractivity contribution in [3.63, 3.8) is 0 Å². The molecule has 0 fully saturated rings. The Morgan fingerprint density at radius 3 is 2.54 bits per heavy atom. The Balaban J connectivity index is 2.34. The third-order valence-electron chi connectivity index (χ3n) is 3.41. The van der Waals surface area contributed by atoms with Gasteiger partial charge in [-0.05, 0) is 42.3 Å². The van der Waals surface area contributed by atoms with Gasteiger partial charge >= 0.3 is 5.97 Å². The summed E-state index contributed by atoms with van der Waals surface area (Å²) >= 11 is 0. The number of esters is 1. The van der Waals surface area contributed by atoms with Gasteiger partial charge in [-0.1, -0.05) is 18.2 Å². The maximum atomic E-state index is 12.6. The number of anilines is 1. The highest BCUT2D eigenvalue weighted by Gasteiger charge is 2.18. The van der Waals surface area contributed by atoms with E-state index in [2.05, 4.69) is 9.46 Å². The molecule has 0 aromatic heterocycles. The summed E-state index contributed by atoms with van der Waals surface area (Å²) in [6, 6.07) is 11.2. The number of carbonyl (C=O) groups is 1. The van der Waals surface area contributed by atoms with Gasteiger partial charge in [0, 0.05) is 12.8 Å². The molecule has 2 aromatic rings. The van der Waals surface area contributed by atoms with E-state index >= 15 is 0 Å². The van der Waals surface area contributed by atoms with Gasteiger partial charge in [-0.25, -0.2) is 13.2 Å². The fourth-order valence-electron chi connectivity index (χ4n) is 2.20. The van der Waals surface area contributed by atoms with Gasteiger partial charge in [0.25, 0.3) is 10.0 Å². The van der Waals surface area contributed by atoms with Gasteiger partial charge in [-0.15, -0.1) is 0 Å². The molecule has 0 bridgehead atoms. The largest absolute Gasteiger partial charge is 0.465 e. The number of sulfonamides is 1. The van der Waals surface area contributed by atoms with Gasteiger partial charge in [0.05, 0.1) is 24.2 Å². The molecule has 0 aliphatic carbocycles. The monoisotopic (exact) mass is 349 g/mol. The Morgan fingerprint density at radius 1 is 1.12 bits per heavy atom. The highest BCUT2D eigenvalue weighted by atomic mass is 32.2. The number of nitrogens with one attached hydrogen (secondary N) is 1. The summed E-state index contributed by atoms with van der Waals surface area (Å²) in [6.45, 7) is 2.09. The van der Waals surface area contributed by atoms with Crippen molar-refractivity contribution in [1.82, 2.24) is 0 Å². The molecular formula is C17H19NO5S. The van der Waals surface area contributed by atoms with Crippen LogP contribution in [0, 0.1) is 6.92 Å². The number of ether oxygens (including phenoxy) is 2. The molecule has 0 atom stereocenters. The number of carbonyl (C=O) groups excluding carboxylic acids is 1. The molecule has 2 aromatic carbocycles. The van der Waals surface area contributed by atoms with Crippen LogP contribution in [0.5, 0.6) is 0 Å². The second-order valence-corrected chi connectivity index (χ2v) is 6.89. The van der Waals surface area contributed by atoms with Crippen molar-refractivity contribution in [2.24, 2.45) is 0 Å². The molecule has 24 heavy (non-hydrogen) atoms. The van der Waals surface area contributed by atoms with Crippen molar-refractivity contribution < 1.29 is 22.7 Å². The van der Waals surface area contributed by atoms with Gasteiger partial charge in [0.15, 0.2) is 0 Å². The fraction of sp³-hybridized carbons (Fsp3) is 0.235. The minimum Gasteiger partial charge on any atom is -0.465 e. The third kappa shape index (κ3) is 4.12. The first-order valence-electron chi connectivity index (χ1n) is 7.17. The van der Waals surface area contributed by atoms with Crippen molar-refractivity contribution in [2.75, 3.05) is 18.9 Å². The smallest absolute Gasteiger partial charge is 0.338 e. The van der Waals surface area contributed by atoms with Crippen molar-refractivity contribution in [3.8, 4) is 0 Å². The van der Waals surface area contributed by atoms with Crippen LogP contribution in [-0.4, -0.2) is 28.6 Å². The molecule has 0 amide bonds. The van der Waals surface area contributed by atoms with E-state index in [9.17, 15) is 13.2 Å². The number of hydrogen-bond donors (Lipinski definition) is 1. The number of rotatable bonds is 6. The number of hydrogen-bond acceptors (Lipinski definition) is 5. The lowest BCUT2D eigenvalue weighted by Crippen LogP contribution is -2.14. The van der Waals surface area contributed by atoms with Crippen molar-refractivity contribution in [1.29, 1.82) is 0 Å². The predicted molar refractivity (Wildman–Crippen MR) is 90.5 cm³/mol. The number of benzene rings is 2. The Hall–Kier alpha value is -2.38. The summed E-state index contributed by atoms with van der Waals surface area (Å²) in [5, 5.41) is 0. The van der Waals surface area contributed by atoms with Crippen molar-refractivity contribution in [2.45, 2.75) is 18.4 Å². The zero-order chi connectivity index (χ0) is 17.7. The molecule has 0 aliphatic rings. The van der Waals surface area contributed by atoms with Gasteiger partial charge in [0.1, 0.15) is 0 Å². The summed E-state index contributed by atoms with van der Waals surface area (Å²) in [5.74, 6) is -0.577. The van der Waals surface area contributed by atoms with Crippen LogP contribution in [0.25, 0.3) is 0 Å². The lowest BCUT2D eigenvalue weighted by atomic mass is 10.1. The molecule has 0 saturated heterocycles. The highest BCUT2D eigenvalue weighted by molar-refractivity contribution is 7.92. The molecule has 0 aliphatic heterocycles. The summed E-state index contributed by atoms with van der Waals surface area (Å²) in [5.41, 5.74) is 2.12. The molecule has 0 spiro atoms. The lowest BCUT2D eigenvalue weighted by Gasteiger charge is -2.11. The van der Waals surface area contributed by atoms with Crippen LogP contribution < -0.4 is 4.72 Å². The fourth-order valence-corrected chi connectivity index (χ4v) is 3.28. The van der Waals surface area contributed by atoms with Gasteiger partial charge in [0.2, 0.25) is 0 Å². The molecule has 1 N–H and O–H groups in total. The van der Waals surface area contributed by atoms with E-state index in [4.69, 9.17) is 4.74 Å². The second kappa shape index (κ2) is 7.46. The quantitative estimate of drug-likeness (QED) is 0.811. The summed E-state index contributed by atoms with van der Waals surface area (Å²) in [7, 11) is -1.01. The molecule has 0 heterocycles. The van der Waals surface area contributed by atoms with E-state index in [1.807, 2.05) is 6.07 Å². The number of aryl methyl sites for hydroxylation is 1. The zero-order valence-corrected chi connectivity index (χ0v) is 14.5. The zero-order valence-electron chi connectivity index (χ0n) is 13.7. The van der Waals surface area contributed by atoms with E-state index < -0.39 is 16.0 Å². The molecule has 128 valence electrons. The van der Waals surface area contributed by atoms with Crippen LogP contribution >= 0.6 is 0 Å². The summed E-state index contributed by atoms with van der Waals surface area (Å²) in [4.78, 5) is 11.7. The molecule has 2 rings (SSSR count). The van der Waals surface area contributed by atoms with Crippen LogP contribution in [0.1, 0.15) is 21.5 Å². The summed E-state index contributed by atoms with van der Waals surface area (Å²) < 4.78 is 37.3. The van der Waals surface area contributed by atoms with Crippen LogP contribution in [0.3, 0.4) is 0 Å². The molecule has 6 nitrogen and oxygen atoms in total. The second-order valence-electron chi connectivity index (χ2n) is 5.21. The Labute approximate surface area is 141 Å². The first-order chi connectivity index (χ1) is 11.4. The van der Waals surface area contributed by atoms with Crippen LogP contribution in [0.2, 0.25) is 0 Å². The maximum absolute atomic E-state index is 12.6. The molecule has 0 radical (unpaired) electrons. The first-order valence-corrected chi connectivity index (χ1v) is 8.65. The third-order valence-corrected chi connectivity index (χ3v) is 4.79. The molecule has 7 heteroatoms.